The molecule has 0 radical (unpaired) electrons. The van der Waals surface area contributed by atoms with E-state index in [1.54, 1.807) is 6.08 Å². The van der Waals surface area contributed by atoms with Crippen LogP contribution in [0.3, 0.4) is 0 Å². The highest BCUT2D eigenvalue weighted by molar-refractivity contribution is 5.95. The van der Waals surface area contributed by atoms with E-state index in [2.05, 4.69) is 104 Å². The lowest BCUT2D eigenvalue weighted by Gasteiger charge is -2.36. The lowest BCUT2D eigenvalue weighted by atomic mass is 9.68. The Hall–Kier alpha value is -7.62. The number of hydrogen-bond donors (Lipinski definition) is 0. The smallest absolute Gasteiger partial charge is 0.164 e. The van der Waals surface area contributed by atoms with Crippen LogP contribution in [0.4, 0.5) is 0 Å². The van der Waals surface area contributed by atoms with Gasteiger partial charge in [0.05, 0.1) is 0 Å². The van der Waals surface area contributed by atoms with Crippen molar-refractivity contribution >= 4 is 16.7 Å². The summed E-state index contributed by atoms with van der Waals surface area (Å²) in [6.07, 6.45) is 22.5. The predicted octanol–water partition coefficient (Wildman–Crippen LogP) is 11.8. The number of aromatic nitrogens is 6. The maximum absolute atomic E-state index is 5.97. The van der Waals surface area contributed by atoms with Gasteiger partial charge in [0.1, 0.15) is 0 Å². The largest absolute Gasteiger partial charge is 0.208 e. The van der Waals surface area contributed by atoms with Crippen LogP contribution >= 0.6 is 0 Å². The zero-order chi connectivity index (χ0) is 40.7. The van der Waals surface area contributed by atoms with Crippen LogP contribution in [-0.4, -0.2) is 29.9 Å². The van der Waals surface area contributed by atoms with Crippen LogP contribution in [0.25, 0.3) is 62.0 Å². The maximum atomic E-state index is 5.97. The molecule has 0 spiro atoms. The van der Waals surface area contributed by atoms with Crippen molar-refractivity contribution in [3.8, 4) is 57.6 Å². The normalized spacial score (nSPS) is 17.4. The molecule has 0 aliphatic heterocycles. The molecule has 0 fully saturated rings. The zero-order valence-electron chi connectivity index (χ0n) is 33.3. The van der Waals surface area contributed by atoms with Crippen LogP contribution < -0.4 is 0 Å². The Labute approximate surface area is 351 Å². The number of nitrogens with zero attached hydrogens (tertiary/aromatic N) is 6. The topological polar surface area (TPSA) is 77.3 Å². The Morgan fingerprint density at radius 3 is 1.72 bits per heavy atom. The number of rotatable bonds is 10. The molecule has 3 atom stereocenters. The molecule has 2 aromatic heterocycles. The van der Waals surface area contributed by atoms with E-state index in [9.17, 15) is 0 Å². The van der Waals surface area contributed by atoms with Gasteiger partial charge in [-0.2, -0.15) is 0 Å². The van der Waals surface area contributed by atoms with Gasteiger partial charge in [-0.3, -0.25) is 0 Å². The molecule has 9 rings (SSSR count). The molecule has 0 amide bonds. The number of fused-ring (bicyclic) bond motifs is 1. The molecule has 60 heavy (non-hydrogen) atoms. The van der Waals surface area contributed by atoms with Gasteiger partial charge in [0, 0.05) is 39.3 Å². The summed E-state index contributed by atoms with van der Waals surface area (Å²) in [7, 11) is 0. The van der Waals surface area contributed by atoms with Crippen LogP contribution in [-0.2, 0) is 6.42 Å². The minimum Gasteiger partial charge on any atom is -0.208 e. The Morgan fingerprint density at radius 1 is 0.583 bits per heavy atom. The van der Waals surface area contributed by atoms with Gasteiger partial charge in [-0.25, -0.2) is 29.9 Å². The Kier molecular flexibility index (Phi) is 11.0. The monoisotopic (exact) mass is 774 g/mol. The van der Waals surface area contributed by atoms with E-state index in [1.165, 1.54) is 5.56 Å². The molecule has 0 saturated carbocycles. The molecular formula is C54H42N6. The highest BCUT2D eigenvalue weighted by atomic mass is 15.1. The SMILES string of the molecule is C#C/C=C(\C=C/Cc1ccccc1)c1nc(C2=C(c3nc(-c4ccccc4)nc(-c4ccc(-c5ccccc5)cc4)n3)C=CC3CC=CC(C)C23)nc(-c2ccccc2)n1. The summed E-state index contributed by atoms with van der Waals surface area (Å²) in [6, 6.07) is 49.2. The fourth-order valence-corrected chi connectivity index (χ4v) is 8.07. The van der Waals surface area contributed by atoms with E-state index in [0.29, 0.717) is 34.9 Å². The molecule has 7 aromatic rings. The van der Waals surface area contributed by atoms with Gasteiger partial charge in [-0.15, -0.1) is 6.42 Å². The second-order valence-electron chi connectivity index (χ2n) is 15.0. The van der Waals surface area contributed by atoms with Crippen LogP contribution in [0.15, 0.2) is 188 Å². The first-order valence-corrected chi connectivity index (χ1v) is 20.4. The quantitative estimate of drug-likeness (QED) is 0.0782. The first kappa shape index (κ1) is 37.9. The van der Waals surface area contributed by atoms with Gasteiger partial charge in [-0.05, 0) is 47.4 Å². The van der Waals surface area contributed by atoms with Gasteiger partial charge in [0.25, 0.3) is 0 Å². The number of allylic oxidation sites excluding steroid dienone is 10. The molecule has 2 aliphatic rings. The van der Waals surface area contributed by atoms with Gasteiger partial charge >= 0.3 is 0 Å². The van der Waals surface area contributed by atoms with Gasteiger partial charge < -0.3 is 0 Å². The second kappa shape index (κ2) is 17.5. The molecular weight excluding hydrogens is 733 g/mol. The van der Waals surface area contributed by atoms with Crippen molar-refractivity contribution in [2.24, 2.45) is 17.8 Å². The van der Waals surface area contributed by atoms with Gasteiger partial charge in [0.2, 0.25) is 0 Å². The average molecular weight is 775 g/mol. The molecule has 0 N–H and O–H groups in total. The average Bonchev–Trinajstić information content (AvgIpc) is 3.32. The Bertz CT molecular complexity index is 2820. The second-order valence-corrected chi connectivity index (χ2v) is 15.0. The van der Waals surface area contributed by atoms with Crippen molar-refractivity contribution in [1.29, 1.82) is 0 Å². The predicted molar refractivity (Wildman–Crippen MR) is 243 cm³/mol. The van der Waals surface area contributed by atoms with Gasteiger partial charge in [0.15, 0.2) is 34.9 Å². The van der Waals surface area contributed by atoms with Crippen LogP contribution in [0.5, 0.6) is 0 Å². The van der Waals surface area contributed by atoms with Crippen LogP contribution in [0, 0.1) is 30.1 Å². The van der Waals surface area contributed by atoms with Crippen molar-refractivity contribution < 1.29 is 0 Å². The third-order valence-electron chi connectivity index (χ3n) is 11.1. The molecule has 6 heteroatoms. The highest BCUT2D eigenvalue weighted by Crippen LogP contribution is 2.47. The molecule has 0 saturated heterocycles. The molecule has 2 aliphatic carbocycles. The van der Waals surface area contributed by atoms with E-state index in [4.69, 9.17) is 36.3 Å². The molecule has 3 unspecified atom stereocenters. The first-order chi connectivity index (χ1) is 29.6. The summed E-state index contributed by atoms with van der Waals surface area (Å²) in [5.41, 5.74) is 8.70. The fraction of sp³-hybridized carbons (Fsp3) is 0.111. The summed E-state index contributed by atoms with van der Waals surface area (Å²) in [6.45, 7) is 2.27. The minimum atomic E-state index is 0.0492. The third kappa shape index (κ3) is 8.20. The van der Waals surface area contributed by atoms with E-state index < -0.39 is 0 Å². The van der Waals surface area contributed by atoms with Crippen molar-refractivity contribution in [2.75, 3.05) is 0 Å². The Balaban J connectivity index is 1.24. The lowest BCUT2D eigenvalue weighted by molar-refractivity contribution is 0.384. The summed E-state index contributed by atoms with van der Waals surface area (Å²) in [4.78, 5) is 31.2. The standard InChI is InChI=1S/C54H42N6/c1-3-18-42(30-17-22-38-20-8-4-9-21-38)49-55-51(44-27-14-7-15-28-44)60-54(59-49)48-46(36-35-41-29-16-19-37(2)47(41)48)53-57-50(43-25-12-6-13-26-43)56-52(58-53)45-33-31-40(32-34-45)39-23-10-5-11-24-39/h1,4-21,23-28,30-37,41,47H,22,29H2,2H3/b30-17-,42-18+. The van der Waals surface area contributed by atoms with E-state index in [1.807, 2.05) is 91.0 Å². The van der Waals surface area contributed by atoms with Crippen molar-refractivity contribution in [1.82, 2.24) is 29.9 Å². The number of hydrogen-bond acceptors (Lipinski definition) is 6. The van der Waals surface area contributed by atoms with Crippen molar-refractivity contribution in [2.45, 2.75) is 19.8 Å². The van der Waals surface area contributed by atoms with Crippen molar-refractivity contribution in [3.05, 3.63) is 211 Å². The van der Waals surface area contributed by atoms with E-state index in [-0.39, 0.29) is 17.8 Å². The fourth-order valence-electron chi connectivity index (χ4n) is 8.07. The highest BCUT2D eigenvalue weighted by Gasteiger charge is 2.37. The minimum absolute atomic E-state index is 0.0492. The number of terminal acetylenes is 1. The Morgan fingerprint density at radius 2 is 1.08 bits per heavy atom. The van der Waals surface area contributed by atoms with Crippen LogP contribution in [0.2, 0.25) is 0 Å². The zero-order valence-corrected chi connectivity index (χ0v) is 33.3. The number of benzene rings is 5. The molecule has 288 valence electrons. The molecule has 2 heterocycles. The third-order valence-corrected chi connectivity index (χ3v) is 11.1. The summed E-state index contributed by atoms with van der Waals surface area (Å²) < 4.78 is 0. The molecule has 5 aromatic carbocycles. The van der Waals surface area contributed by atoms with E-state index >= 15 is 0 Å². The van der Waals surface area contributed by atoms with Gasteiger partial charge in [-0.1, -0.05) is 195 Å². The van der Waals surface area contributed by atoms with Crippen LogP contribution in [0.1, 0.15) is 36.4 Å². The van der Waals surface area contributed by atoms with E-state index in [0.717, 1.165) is 57.4 Å². The first-order valence-electron chi connectivity index (χ1n) is 20.4. The summed E-state index contributed by atoms with van der Waals surface area (Å²) in [5.74, 6) is 6.58. The molecule has 6 nitrogen and oxygen atoms in total. The summed E-state index contributed by atoms with van der Waals surface area (Å²) in [5, 5.41) is 0. The molecule has 0 bridgehead atoms. The van der Waals surface area contributed by atoms with Crippen molar-refractivity contribution in [3.63, 3.8) is 0 Å². The summed E-state index contributed by atoms with van der Waals surface area (Å²) >= 11 is 0. The lowest BCUT2D eigenvalue weighted by Crippen LogP contribution is -2.28. The maximum Gasteiger partial charge on any atom is 0.164 e.